The van der Waals surface area contributed by atoms with Gasteiger partial charge in [-0.25, -0.2) is 0 Å². The van der Waals surface area contributed by atoms with Crippen LogP contribution in [0.5, 0.6) is 0 Å². The third kappa shape index (κ3) is 1.61. The first-order valence-corrected chi connectivity index (χ1v) is 7.51. The molecule has 96 valence electrons. The molecule has 17 heavy (non-hydrogen) atoms. The normalized spacial score (nSPS) is 45.9. The van der Waals surface area contributed by atoms with Crippen LogP contribution >= 0.6 is 0 Å². The second-order valence-corrected chi connectivity index (χ2v) is 7.55. The standard InChI is InChI=1S/C16H26O/c1-10(16(2,3)9-17)14-7-11-8-15(14)13-6-4-5-12(11)13/h9-15H,4-8H2,1-3H3. The molecule has 0 saturated heterocycles. The average molecular weight is 234 g/mol. The van der Waals surface area contributed by atoms with Crippen LogP contribution in [0, 0.1) is 40.9 Å². The fourth-order valence-corrected chi connectivity index (χ4v) is 5.36. The molecule has 3 aliphatic carbocycles. The van der Waals surface area contributed by atoms with Gasteiger partial charge in [-0.1, -0.05) is 27.2 Å². The Morgan fingerprint density at radius 1 is 1.12 bits per heavy atom. The molecular weight excluding hydrogens is 208 g/mol. The highest BCUT2D eigenvalue weighted by Crippen LogP contribution is 2.63. The molecule has 3 aliphatic rings. The Bertz CT molecular complexity index is 319. The summed E-state index contributed by atoms with van der Waals surface area (Å²) in [5.41, 5.74) is -0.122. The molecule has 0 spiro atoms. The summed E-state index contributed by atoms with van der Waals surface area (Å²) in [7, 11) is 0. The number of carbonyl (C=O) groups is 1. The number of rotatable bonds is 3. The topological polar surface area (TPSA) is 17.1 Å². The Labute approximate surface area is 105 Å². The first-order valence-electron chi connectivity index (χ1n) is 7.51. The third-order valence-electron chi connectivity index (χ3n) is 6.60. The van der Waals surface area contributed by atoms with Crippen LogP contribution in [-0.4, -0.2) is 6.29 Å². The Balaban J connectivity index is 1.77. The van der Waals surface area contributed by atoms with Gasteiger partial charge in [0.1, 0.15) is 6.29 Å². The summed E-state index contributed by atoms with van der Waals surface area (Å²) >= 11 is 0. The fourth-order valence-electron chi connectivity index (χ4n) is 5.36. The van der Waals surface area contributed by atoms with Gasteiger partial charge in [0, 0.05) is 5.41 Å². The van der Waals surface area contributed by atoms with E-state index < -0.39 is 0 Å². The van der Waals surface area contributed by atoms with Crippen LogP contribution < -0.4 is 0 Å². The fraction of sp³-hybridized carbons (Fsp3) is 0.938. The molecule has 2 bridgehead atoms. The maximum absolute atomic E-state index is 11.3. The van der Waals surface area contributed by atoms with Gasteiger partial charge >= 0.3 is 0 Å². The van der Waals surface area contributed by atoms with E-state index in [-0.39, 0.29) is 5.41 Å². The van der Waals surface area contributed by atoms with Gasteiger partial charge in [-0.05, 0) is 61.2 Å². The average Bonchev–Trinajstić information content (AvgIpc) is 2.98. The van der Waals surface area contributed by atoms with E-state index in [9.17, 15) is 4.79 Å². The van der Waals surface area contributed by atoms with Crippen molar-refractivity contribution in [3.8, 4) is 0 Å². The summed E-state index contributed by atoms with van der Waals surface area (Å²) in [4.78, 5) is 11.3. The minimum atomic E-state index is -0.122. The Morgan fingerprint density at radius 3 is 2.53 bits per heavy atom. The molecule has 6 atom stereocenters. The highest BCUT2D eigenvalue weighted by molar-refractivity contribution is 5.58. The minimum Gasteiger partial charge on any atom is -0.303 e. The van der Waals surface area contributed by atoms with Gasteiger partial charge in [-0.15, -0.1) is 0 Å². The Kier molecular flexibility index (Phi) is 2.65. The van der Waals surface area contributed by atoms with Crippen LogP contribution in [0.4, 0.5) is 0 Å². The summed E-state index contributed by atoms with van der Waals surface area (Å²) < 4.78 is 0. The summed E-state index contributed by atoms with van der Waals surface area (Å²) in [6, 6.07) is 0. The van der Waals surface area contributed by atoms with Crippen molar-refractivity contribution < 1.29 is 4.79 Å². The van der Waals surface area contributed by atoms with E-state index in [2.05, 4.69) is 20.8 Å². The van der Waals surface area contributed by atoms with E-state index in [1.807, 2.05) is 0 Å². The minimum absolute atomic E-state index is 0.122. The van der Waals surface area contributed by atoms with Crippen LogP contribution in [0.3, 0.4) is 0 Å². The lowest BCUT2D eigenvalue weighted by Crippen LogP contribution is -2.36. The predicted molar refractivity (Wildman–Crippen MR) is 69.5 cm³/mol. The second kappa shape index (κ2) is 3.83. The van der Waals surface area contributed by atoms with Crippen molar-refractivity contribution in [3.63, 3.8) is 0 Å². The largest absolute Gasteiger partial charge is 0.303 e. The molecule has 0 aromatic rings. The zero-order chi connectivity index (χ0) is 12.2. The van der Waals surface area contributed by atoms with E-state index in [0.717, 1.165) is 29.6 Å². The van der Waals surface area contributed by atoms with E-state index in [1.165, 1.54) is 38.4 Å². The molecule has 0 radical (unpaired) electrons. The van der Waals surface area contributed by atoms with Crippen LogP contribution in [0.25, 0.3) is 0 Å². The summed E-state index contributed by atoms with van der Waals surface area (Å²) in [5.74, 6) is 5.48. The van der Waals surface area contributed by atoms with Gasteiger partial charge in [0.15, 0.2) is 0 Å². The molecule has 1 nitrogen and oxygen atoms in total. The number of hydrogen-bond acceptors (Lipinski definition) is 1. The summed E-state index contributed by atoms with van der Waals surface area (Å²) in [5, 5.41) is 0. The van der Waals surface area contributed by atoms with Crippen LogP contribution in [0.1, 0.15) is 52.9 Å². The van der Waals surface area contributed by atoms with Crippen molar-refractivity contribution in [3.05, 3.63) is 0 Å². The molecule has 0 heterocycles. The van der Waals surface area contributed by atoms with Crippen LogP contribution in [0.2, 0.25) is 0 Å². The van der Waals surface area contributed by atoms with Gasteiger partial charge in [0.25, 0.3) is 0 Å². The van der Waals surface area contributed by atoms with E-state index >= 15 is 0 Å². The summed E-state index contributed by atoms with van der Waals surface area (Å²) in [6.07, 6.45) is 8.56. The van der Waals surface area contributed by atoms with Crippen molar-refractivity contribution in [2.75, 3.05) is 0 Å². The number of aldehydes is 1. The molecule has 0 amide bonds. The molecule has 1 heteroatoms. The molecule has 3 fully saturated rings. The molecule has 0 aliphatic heterocycles. The van der Waals surface area contributed by atoms with Crippen LogP contribution in [-0.2, 0) is 4.79 Å². The van der Waals surface area contributed by atoms with Gasteiger partial charge in [-0.3, -0.25) is 0 Å². The first kappa shape index (κ1) is 11.7. The lowest BCUT2D eigenvalue weighted by molar-refractivity contribution is -0.118. The number of carbonyl (C=O) groups excluding carboxylic acids is 1. The van der Waals surface area contributed by atoms with Gasteiger partial charge in [-0.2, -0.15) is 0 Å². The van der Waals surface area contributed by atoms with Crippen molar-refractivity contribution >= 4 is 6.29 Å². The highest BCUT2D eigenvalue weighted by Gasteiger charge is 2.55. The van der Waals surface area contributed by atoms with Crippen LogP contribution in [0.15, 0.2) is 0 Å². The maximum Gasteiger partial charge on any atom is 0.125 e. The maximum atomic E-state index is 11.3. The van der Waals surface area contributed by atoms with E-state index in [1.54, 1.807) is 0 Å². The van der Waals surface area contributed by atoms with Gasteiger partial charge < -0.3 is 4.79 Å². The monoisotopic (exact) mass is 234 g/mol. The molecule has 3 rings (SSSR count). The van der Waals surface area contributed by atoms with Gasteiger partial charge in [0.2, 0.25) is 0 Å². The zero-order valence-electron chi connectivity index (χ0n) is 11.5. The van der Waals surface area contributed by atoms with Crippen molar-refractivity contribution in [2.45, 2.75) is 52.9 Å². The number of hydrogen-bond donors (Lipinski definition) is 0. The van der Waals surface area contributed by atoms with Crippen molar-refractivity contribution in [1.29, 1.82) is 0 Å². The molecule has 3 saturated carbocycles. The SMILES string of the molecule is CC(C1CC2CC1C1CCCC21)C(C)(C)C=O. The molecule has 6 unspecified atom stereocenters. The predicted octanol–water partition coefficient (Wildman–Crippen LogP) is 3.92. The lowest BCUT2D eigenvalue weighted by atomic mass is 9.64. The molecule has 0 N–H and O–H groups in total. The summed E-state index contributed by atoms with van der Waals surface area (Å²) in [6.45, 7) is 6.58. The van der Waals surface area contributed by atoms with E-state index in [4.69, 9.17) is 0 Å². The third-order valence-corrected chi connectivity index (χ3v) is 6.60. The Hall–Kier alpha value is -0.330. The quantitative estimate of drug-likeness (QED) is 0.676. The molecular formula is C16H26O. The number of fused-ring (bicyclic) bond motifs is 5. The lowest BCUT2D eigenvalue weighted by Gasteiger charge is -2.40. The Morgan fingerprint density at radius 2 is 1.82 bits per heavy atom. The first-order chi connectivity index (χ1) is 8.04. The smallest absolute Gasteiger partial charge is 0.125 e. The second-order valence-electron chi connectivity index (χ2n) is 7.55. The van der Waals surface area contributed by atoms with Gasteiger partial charge in [0.05, 0.1) is 0 Å². The molecule has 0 aromatic heterocycles. The van der Waals surface area contributed by atoms with Crippen molar-refractivity contribution in [1.82, 2.24) is 0 Å². The zero-order valence-corrected chi connectivity index (χ0v) is 11.5. The van der Waals surface area contributed by atoms with Crippen molar-refractivity contribution in [2.24, 2.45) is 40.9 Å². The molecule has 0 aromatic carbocycles. The highest BCUT2D eigenvalue weighted by atomic mass is 16.1. The van der Waals surface area contributed by atoms with E-state index in [0.29, 0.717) is 5.92 Å².